The van der Waals surface area contributed by atoms with Crippen molar-refractivity contribution in [3.05, 3.63) is 52.9 Å². The van der Waals surface area contributed by atoms with E-state index in [0.29, 0.717) is 0 Å². The van der Waals surface area contributed by atoms with E-state index >= 15 is 0 Å². The second-order valence-electron chi connectivity index (χ2n) is 8.94. The number of hydrogen-bond acceptors (Lipinski definition) is 3. The number of carbonyl (C=O) groups excluding carboxylic acids is 1. The van der Waals surface area contributed by atoms with Crippen LogP contribution in [0.4, 0.5) is 5.69 Å². The van der Waals surface area contributed by atoms with Crippen LogP contribution in [0.1, 0.15) is 74.5 Å². The first-order chi connectivity index (χ1) is 15.0. The molecule has 0 saturated carbocycles. The fourth-order valence-corrected chi connectivity index (χ4v) is 24.2. The molecule has 0 aliphatic rings. The van der Waals surface area contributed by atoms with E-state index in [0.717, 1.165) is 10.4 Å². The summed E-state index contributed by atoms with van der Waals surface area (Å²) in [4.78, 5) is 15.9. The number of unbranched alkanes of at least 4 members (excludes halogenated alkanes) is 3. The minimum atomic E-state index is -2.43. The summed E-state index contributed by atoms with van der Waals surface area (Å²) in [7, 11) is 4.07. The minimum absolute atomic E-state index is 0.148. The summed E-state index contributed by atoms with van der Waals surface area (Å²) in [5.74, 6) is 0.148. The number of rotatable bonds is 14. The fraction of sp³-hybridized carbons (Fsp3) is 0.519. The van der Waals surface area contributed by atoms with Gasteiger partial charge in [-0.3, -0.25) is 0 Å². The number of benzene rings is 1. The molecule has 1 aromatic heterocycles. The number of ketones is 1. The summed E-state index contributed by atoms with van der Waals surface area (Å²) in [6.45, 7) is 6.94. The second kappa shape index (κ2) is 13.5. The zero-order chi connectivity index (χ0) is 22.7. The number of hydrogen-bond donors (Lipinski definition) is 0. The summed E-state index contributed by atoms with van der Waals surface area (Å²) < 4.78 is 5.99. The van der Waals surface area contributed by atoms with E-state index in [1.807, 2.05) is 31.5 Å². The zero-order valence-electron chi connectivity index (χ0n) is 20.2. The molecule has 0 aliphatic heterocycles. The van der Waals surface area contributed by atoms with Gasteiger partial charge in [-0.05, 0) is 0 Å². The molecule has 2 rings (SSSR count). The van der Waals surface area contributed by atoms with Gasteiger partial charge in [0.1, 0.15) is 0 Å². The fourth-order valence-electron chi connectivity index (χ4n) is 4.18. The molecule has 0 fully saturated rings. The molecule has 0 unspecified atom stereocenters. The van der Waals surface area contributed by atoms with Crippen LogP contribution in [0.2, 0.25) is 13.3 Å². The normalized spacial score (nSPS) is 11.9. The summed E-state index contributed by atoms with van der Waals surface area (Å²) in [5, 5.41) is 0. The molecule has 0 radical (unpaired) electrons. The average molecular weight is 546 g/mol. The molecule has 1 aromatic carbocycles. The zero-order valence-corrected chi connectivity index (χ0v) is 23.9. The molecule has 0 bridgehead atoms. The van der Waals surface area contributed by atoms with Crippen LogP contribution >= 0.6 is 11.3 Å². The maximum atomic E-state index is 12.9. The van der Waals surface area contributed by atoms with Gasteiger partial charge in [0.15, 0.2) is 0 Å². The molecule has 0 saturated heterocycles. The molecular formula is C27H41NOSSn. The van der Waals surface area contributed by atoms with Crippen molar-refractivity contribution in [3.8, 4) is 0 Å². The Kier molecular flexibility index (Phi) is 11.4. The summed E-state index contributed by atoms with van der Waals surface area (Å²) in [6.07, 6.45) is 11.6. The molecule has 1 heterocycles. The van der Waals surface area contributed by atoms with Gasteiger partial charge in [0.05, 0.1) is 0 Å². The molecule has 0 atom stereocenters. The van der Waals surface area contributed by atoms with Crippen molar-refractivity contribution < 1.29 is 4.79 Å². The summed E-state index contributed by atoms with van der Waals surface area (Å²) in [6, 6.07) is 12.8. The second-order valence-corrected chi connectivity index (χ2v) is 24.2. The van der Waals surface area contributed by atoms with Crippen LogP contribution in [-0.2, 0) is 0 Å². The van der Waals surface area contributed by atoms with Crippen molar-refractivity contribution in [2.75, 3.05) is 19.0 Å². The summed E-state index contributed by atoms with van der Waals surface area (Å²) >= 11 is -0.607. The first-order valence-electron chi connectivity index (χ1n) is 12.1. The molecule has 2 nitrogen and oxygen atoms in total. The molecule has 0 N–H and O–H groups in total. The molecule has 0 amide bonds. The van der Waals surface area contributed by atoms with Crippen molar-refractivity contribution in [1.29, 1.82) is 0 Å². The van der Waals surface area contributed by atoms with Gasteiger partial charge in [-0.15, -0.1) is 0 Å². The van der Waals surface area contributed by atoms with E-state index in [1.54, 1.807) is 8.97 Å². The van der Waals surface area contributed by atoms with Gasteiger partial charge in [-0.25, -0.2) is 0 Å². The van der Waals surface area contributed by atoms with E-state index in [9.17, 15) is 4.79 Å². The Balaban J connectivity index is 2.20. The van der Waals surface area contributed by atoms with Gasteiger partial charge in [-0.1, -0.05) is 0 Å². The van der Waals surface area contributed by atoms with Gasteiger partial charge in [-0.2, -0.15) is 0 Å². The standard InChI is InChI=1S/C15H14NOS.3C4H9.Sn/c1-16(2)13-8-5-12(6-9-13)7-10-14(17)15-4-3-11-18-15;3*1-3-4-2;/h3-10H,1-2H3;3*1,3-4H2,2H3;/b10-7+;;;;. The number of anilines is 1. The third kappa shape index (κ3) is 7.78. The van der Waals surface area contributed by atoms with Gasteiger partial charge < -0.3 is 0 Å². The van der Waals surface area contributed by atoms with Crippen LogP contribution in [0.3, 0.4) is 0 Å². The van der Waals surface area contributed by atoms with Gasteiger partial charge in [0.2, 0.25) is 0 Å². The average Bonchev–Trinajstić information content (AvgIpc) is 3.28. The van der Waals surface area contributed by atoms with E-state index < -0.39 is 18.4 Å². The monoisotopic (exact) mass is 547 g/mol. The van der Waals surface area contributed by atoms with Crippen LogP contribution in [0.25, 0.3) is 6.08 Å². The molecule has 31 heavy (non-hydrogen) atoms. The Morgan fingerprint density at radius 3 is 1.90 bits per heavy atom. The van der Waals surface area contributed by atoms with Crippen LogP contribution in [-0.4, -0.2) is 38.3 Å². The SMILES string of the molecule is CCC[CH2][Sn]([CH2]CCC)([CH2]CCC)[c]1ccc(C(=O)/C=C/c2ccc(N(C)C)cc2)s1. The van der Waals surface area contributed by atoms with Crippen LogP contribution in [0.5, 0.6) is 0 Å². The van der Waals surface area contributed by atoms with Crippen molar-refractivity contribution in [3.63, 3.8) is 0 Å². The molecular weight excluding hydrogens is 505 g/mol. The van der Waals surface area contributed by atoms with Crippen LogP contribution in [0, 0.1) is 0 Å². The third-order valence-corrected chi connectivity index (χ3v) is 25.6. The Morgan fingerprint density at radius 2 is 1.42 bits per heavy atom. The third-order valence-electron chi connectivity index (χ3n) is 6.23. The van der Waals surface area contributed by atoms with Crippen molar-refractivity contribution in [1.82, 2.24) is 0 Å². The predicted octanol–water partition coefficient (Wildman–Crippen LogP) is 7.77. The van der Waals surface area contributed by atoms with Crippen LogP contribution < -0.4 is 7.79 Å². The predicted molar refractivity (Wildman–Crippen MR) is 143 cm³/mol. The van der Waals surface area contributed by atoms with E-state index in [4.69, 9.17) is 0 Å². The first kappa shape index (κ1) is 26.2. The number of carbonyl (C=O) groups is 1. The van der Waals surface area contributed by atoms with Crippen molar-refractivity contribution in [2.45, 2.75) is 72.6 Å². The van der Waals surface area contributed by atoms with Crippen molar-refractivity contribution in [2.24, 2.45) is 0 Å². The van der Waals surface area contributed by atoms with Gasteiger partial charge >= 0.3 is 199 Å². The molecule has 2 aromatic rings. The number of thiophene rings is 1. The number of allylic oxidation sites excluding steroid dienone is 1. The van der Waals surface area contributed by atoms with E-state index in [2.05, 4.69) is 62.1 Å². The quantitative estimate of drug-likeness (QED) is 0.137. The Morgan fingerprint density at radius 1 is 0.871 bits per heavy atom. The molecule has 170 valence electrons. The Hall–Kier alpha value is -1.07. The Labute approximate surface area is 198 Å². The molecule has 4 heteroatoms. The van der Waals surface area contributed by atoms with E-state index in [-0.39, 0.29) is 5.78 Å². The molecule has 0 aliphatic carbocycles. The van der Waals surface area contributed by atoms with Gasteiger partial charge in [0, 0.05) is 0 Å². The summed E-state index contributed by atoms with van der Waals surface area (Å²) in [5.41, 5.74) is 2.24. The molecule has 0 spiro atoms. The van der Waals surface area contributed by atoms with Crippen LogP contribution in [0.15, 0.2) is 42.5 Å². The van der Waals surface area contributed by atoms with Crippen molar-refractivity contribution >= 4 is 50.2 Å². The van der Waals surface area contributed by atoms with Gasteiger partial charge in [0.25, 0.3) is 0 Å². The topological polar surface area (TPSA) is 20.3 Å². The first-order valence-corrected chi connectivity index (χ1v) is 20.4. The van der Waals surface area contributed by atoms with E-state index in [1.165, 1.54) is 57.5 Å². The maximum absolute atomic E-state index is 12.9. The number of nitrogens with zero attached hydrogens (tertiary/aromatic N) is 1. The Bertz CT molecular complexity index is 800.